The maximum Gasteiger partial charge on any atom is 0.270 e. The number of carbonyl (C=O) groups excluding carboxylic acids is 2. The van der Waals surface area contributed by atoms with Crippen molar-refractivity contribution in [3.63, 3.8) is 0 Å². The number of alkyl halides is 1. The Morgan fingerprint density at radius 1 is 1.21 bits per heavy atom. The van der Waals surface area contributed by atoms with E-state index in [1.807, 2.05) is 36.1 Å². The van der Waals surface area contributed by atoms with Crippen molar-refractivity contribution in [1.82, 2.24) is 14.4 Å². The highest BCUT2D eigenvalue weighted by molar-refractivity contribution is 7.16. The first-order valence-corrected chi connectivity index (χ1v) is 11.2. The summed E-state index contributed by atoms with van der Waals surface area (Å²) in [4.78, 5) is 30.2. The molecule has 29 heavy (non-hydrogen) atoms. The molecular weight excluding hydrogens is 406 g/mol. The zero-order chi connectivity index (χ0) is 20.5. The summed E-state index contributed by atoms with van der Waals surface area (Å²) >= 11 is 7.37. The minimum absolute atomic E-state index is 0.0148. The maximum absolute atomic E-state index is 13.5. The summed E-state index contributed by atoms with van der Waals surface area (Å²) in [5.74, 6) is -0.0831. The number of halogens is 1. The van der Waals surface area contributed by atoms with Crippen molar-refractivity contribution in [2.75, 3.05) is 25.5 Å². The van der Waals surface area contributed by atoms with Gasteiger partial charge >= 0.3 is 0 Å². The molecule has 1 aliphatic rings. The summed E-state index contributed by atoms with van der Waals surface area (Å²) in [5, 5.41) is 3.15. The van der Waals surface area contributed by atoms with Gasteiger partial charge in [0.1, 0.15) is 16.4 Å². The van der Waals surface area contributed by atoms with Crippen LogP contribution in [0.1, 0.15) is 35.9 Å². The molecule has 1 saturated heterocycles. The van der Waals surface area contributed by atoms with Gasteiger partial charge in [0.05, 0.1) is 6.04 Å². The minimum Gasteiger partial charge on any atom is -0.335 e. The number of fused-ring (bicyclic) bond motifs is 1. The van der Waals surface area contributed by atoms with Gasteiger partial charge < -0.3 is 14.4 Å². The second-order valence-electron chi connectivity index (χ2n) is 7.49. The lowest BCUT2D eigenvalue weighted by atomic mass is 10.1. The van der Waals surface area contributed by atoms with Crippen LogP contribution >= 0.6 is 22.9 Å². The second kappa shape index (κ2) is 8.20. The third-order valence-corrected chi connectivity index (χ3v) is 6.84. The van der Waals surface area contributed by atoms with Gasteiger partial charge in [-0.2, -0.15) is 0 Å². The predicted molar refractivity (Wildman–Crippen MR) is 118 cm³/mol. The van der Waals surface area contributed by atoms with Crippen LogP contribution in [0.5, 0.6) is 0 Å². The Bertz CT molecular complexity index is 1030. The Labute approximate surface area is 179 Å². The Morgan fingerprint density at radius 3 is 2.66 bits per heavy atom. The van der Waals surface area contributed by atoms with E-state index in [1.54, 1.807) is 16.2 Å². The van der Waals surface area contributed by atoms with Crippen molar-refractivity contribution < 1.29 is 9.59 Å². The molecule has 0 saturated carbocycles. The SMILES string of the molecule is C[C@H]1CN(C(=O)c2cc3ccsc3n2[C@@H](C)c2ccccc2)CCN1C(=O)CCl. The molecule has 3 heterocycles. The van der Waals surface area contributed by atoms with E-state index in [0.29, 0.717) is 25.3 Å². The summed E-state index contributed by atoms with van der Waals surface area (Å²) in [6, 6.07) is 14.3. The highest BCUT2D eigenvalue weighted by Gasteiger charge is 2.32. The van der Waals surface area contributed by atoms with E-state index in [4.69, 9.17) is 11.6 Å². The number of aromatic nitrogens is 1. The fourth-order valence-electron chi connectivity index (χ4n) is 4.12. The van der Waals surface area contributed by atoms with Crippen LogP contribution in [0.15, 0.2) is 47.8 Å². The Kier molecular flexibility index (Phi) is 5.65. The molecule has 5 nitrogen and oxygen atoms in total. The molecule has 0 radical (unpaired) electrons. The first-order chi connectivity index (χ1) is 14.0. The van der Waals surface area contributed by atoms with Crippen molar-refractivity contribution in [3.05, 3.63) is 59.1 Å². The lowest BCUT2D eigenvalue weighted by Gasteiger charge is -2.39. The Balaban J connectivity index is 1.65. The van der Waals surface area contributed by atoms with Crippen molar-refractivity contribution >= 4 is 45.0 Å². The number of nitrogens with zero attached hydrogens (tertiary/aromatic N) is 3. The number of rotatable bonds is 4. The molecule has 2 atom stereocenters. The maximum atomic E-state index is 13.5. The van der Waals surface area contributed by atoms with E-state index < -0.39 is 0 Å². The Hall–Kier alpha value is -2.31. The molecule has 0 spiro atoms. The van der Waals surface area contributed by atoms with E-state index >= 15 is 0 Å². The van der Waals surface area contributed by atoms with Crippen LogP contribution in [0.25, 0.3) is 10.2 Å². The van der Waals surface area contributed by atoms with Crippen LogP contribution < -0.4 is 0 Å². The van der Waals surface area contributed by atoms with Crippen LogP contribution in [-0.2, 0) is 4.79 Å². The van der Waals surface area contributed by atoms with E-state index in [2.05, 4.69) is 35.1 Å². The summed E-state index contributed by atoms with van der Waals surface area (Å²) in [6.07, 6.45) is 0. The summed E-state index contributed by atoms with van der Waals surface area (Å²) in [7, 11) is 0. The van der Waals surface area contributed by atoms with Gasteiger partial charge in [-0.05, 0) is 36.9 Å². The molecule has 1 aliphatic heterocycles. The number of thiophene rings is 1. The van der Waals surface area contributed by atoms with Gasteiger partial charge in [0.25, 0.3) is 5.91 Å². The number of amides is 2. The van der Waals surface area contributed by atoms with Gasteiger partial charge in [-0.1, -0.05) is 30.3 Å². The lowest BCUT2D eigenvalue weighted by Crippen LogP contribution is -2.56. The average Bonchev–Trinajstić information content (AvgIpc) is 3.34. The van der Waals surface area contributed by atoms with E-state index in [9.17, 15) is 9.59 Å². The highest BCUT2D eigenvalue weighted by Crippen LogP contribution is 2.32. The summed E-state index contributed by atoms with van der Waals surface area (Å²) in [6.45, 7) is 5.64. The molecule has 1 fully saturated rings. The molecule has 2 amide bonds. The molecular formula is C22H24ClN3O2S. The largest absolute Gasteiger partial charge is 0.335 e. The second-order valence-corrected chi connectivity index (χ2v) is 8.65. The van der Waals surface area contributed by atoms with E-state index in [1.165, 1.54) is 5.56 Å². The third kappa shape index (κ3) is 3.67. The van der Waals surface area contributed by atoms with Gasteiger partial charge in [-0.25, -0.2) is 0 Å². The fraction of sp³-hybridized carbons (Fsp3) is 0.364. The fourth-order valence-corrected chi connectivity index (χ4v) is 5.25. The molecule has 0 unspecified atom stereocenters. The first-order valence-electron chi connectivity index (χ1n) is 9.79. The van der Waals surface area contributed by atoms with Crippen LogP contribution in [0.3, 0.4) is 0 Å². The van der Waals surface area contributed by atoms with Gasteiger partial charge in [-0.3, -0.25) is 9.59 Å². The standard InChI is InChI=1S/C22H24ClN3O2S/c1-15-14-24(9-10-25(15)20(27)13-23)21(28)19-12-18-8-11-29-22(18)26(19)16(2)17-6-4-3-5-7-17/h3-8,11-12,15-16H,9-10,13-14H2,1-2H3/t15-,16-/m0/s1. The van der Waals surface area contributed by atoms with Crippen LogP contribution in [0, 0.1) is 0 Å². The Morgan fingerprint density at radius 2 is 1.97 bits per heavy atom. The summed E-state index contributed by atoms with van der Waals surface area (Å²) < 4.78 is 2.15. The van der Waals surface area contributed by atoms with E-state index in [0.717, 1.165) is 10.2 Å². The van der Waals surface area contributed by atoms with Gasteiger partial charge in [-0.15, -0.1) is 22.9 Å². The van der Waals surface area contributed by atoms with Crippen LogP contribution in [0.4, 0.5) is 0 Å². The topological polar surface area (TPSA) is 45.6 Å². The minimum atomic E-state index is -0.0761. The first kappa shape index (κ1) is 20.0. The smallest absolute Gasteiger partial charge is 0.270 e. The highest BCUT2D eigenvalue weighted by atomic mass is 35.5. The predicted octanol–water partition coefficient (Wildman–Crippen LogP) is 4.22. The number of benzene rings is 1. The number of carbonyl (C=O) groups is 2. The molecule has 1 aromatic carbocycles. The average molecular weight is 430 g/mol. The van der Waals surface area contributed by atoms with Crippen LogP contribution in [-0.4, -0.2) is 57.7 Å². The normalized spacial score (nSPS) is 18.2. The third-order valence-electron chi connectivity index (χ3n) is 5.68. The number of hydrogen-bond donors (Lipinski definition) is 0. The monoisotopic (exact) mass is 429 g/mol. The molecule has 2 aromatic heterocycles. The molecule has 0 bridgehead atoms. The van der Waals surface area contributed by atoms with Crippen LogP contribution in [0.2, 0.25) is 0 Å². The molecule has 7 heteroatoms. The molecule has 3 aromatic rings. The van der Waals surface area contributed by atoms with Crippen molar-refractivity contribution in [2.45, 2.75) is 25.9 Å². The zero-order valence-corrected chi connectivity index (χ0v) is 18.1. The van der Waals surface area contributed by atoms with Gasteiger partial charge in [0.2, 0.25) is 5.91 Å². The number of hydrogen-bond acceptors (Lipinski definition) is 3. The summed E-state index contributed by atoms with van der Waals surface area (Å²) in [5.41, 5.74) is 1.87. The van der Waals surface area contributed by atoms with Gasteiger partial charge in [0, 0.05) is 31.1 Å². The van der Waals surface area contributed by atoms with E-state index in [-0.39, 0.29) is 29.8 Å². The van der Waals surface area contributed by atoms with Crippen molar-refractivity contribution in [1.29, 1.82) is 0 Å². The van der Waals surface area contributed by atoms with Crippen molar-refractivity contribution in [2.24, 2.45) is 0 Å². The molecule has 152 valence electrons. The zero-order valence-electron chi connectivity index (χ0n) is 16.5. The van der Waals surface area contributed by atoms with Crippen molar-refractivity contribution in [3.8, 4) is 0 Å². The molecule has 0 aliphatic carbocycles. The van der Waals surface area contributed by atoms with Gasteiger partial charge in [0.15, 0.2) is 0 Å². The molecule has 0 N–H and O–H groups in total. The lowest BCUT2D eigenvalue weighted by molar-refractivity contribution is -0.132. The quantitative estimate of drug-likeness (QED) is 0.583. The molecule has 4 rings (SSSR count). The number of piperazine rings is 1.